The summed E-state index contributed by atoms with van der Waals surface area (Å²) in [6, 6.07) is 72.8. The Balaban J connectivity index is 1.02. The fourth-order valence-corrected chi connectivity index (χ4v) is 9.35. The maximum Gasteiger partial charge on any atom is 0.252 e. The molecule has 3 heterocycles. The Labute approximate surface area is 325 Å². The van der Waals surface area contributed by atoms with Crippen molar-refractivity contribution in [3.63, 3.8) is 0 Å². The Kier molecular flexibility index (Phi) is 6.72. The summed E-state index contributed by atoms with van der Waals surface area (Å²) in [6.45, 7) is 0.0696. The first-order valence-corrected chi connectivity index (χ1v) is 19.3. The minimum absolute atomic E-state index is 0.0696. The molecule has 0 atom stereocenters. The zero-order valence-corrected chi connectivity index (χ0v) is 30.4. The van der Waals surface area contributed by atoms with Crippen molar-refractivity contribution in [3.8, 4) is 22.3 Å². The third kappa shape index (κ3) is 4.60. The third-order valence-corrected chi connectivity index (χ3v) is 11.8. The molecule has 3 nitrogen and oxygen atoms in total. The average Bonchev–Trinajstić information content (AvgIpc) is 3.62. The monoisotopic (exact) mass is 712 g/mol. The van der Waals surface area contributed by atoms with Gasteiger partial charge in [-0.05, 0) is 111 Å². The summed E-state index contributed by atoms with van der Waals surface area (Å²) < 4.78 is 6.33. The van der Waals surface area contributed by atoms with Crippen LogP contribution in [-0.2, 0) is 0 Å². The van der Waals surface area contributed by atoms with Gasteiger partial charge in [0.2, 0.25) is 0 Å². The molecule has 12 rings (SSSR count). The molecule has 260 valence electrons. The Morgan fingerprint density at radius 2 is 0.946 bits per heavy atom. The van der Waals surface area contributed by atoms with E-state index in [1.165, 1.54) is 72.2 Å². The quantitative estimate of drug-likeness (QED) is 0.169. The second kappa shape index (κ2) is 12.1. The van der Waals surface area contributed by atoms with Gasteiger partial charge in [-0.25, -0.2) is 0 Å². The van der Waals surface area contributed by atoms with Crippen LogP contribution < -0.4 is 26.2 Å². The molecule has 56 heavy (non-hydrogen) atoms. The number of furan rings is 1. The first-order chi connectivity index (χ1) is 27.8. The smallest absolute Gasteiger partial charge is 0.252 e. The molecule has 1 aromatic heterocycles. The molecule has 0 radical (unpaired) electrons. The van der Waals surface area contributed by atoms with E-state index in [0.29, 0.717) is 0 Å². The Hall–Kier alpha value is -7.30. The summed E-state index contributed by atoms with van der Waals surface area (Å²) in [5.41, 5.74) is 17.7. The van der Waals surface area contributed by atoms with Crippen LogP contribution >= 0.6 is 0 Å². The van der Waals surface area contributed by atoms with Gasteiger partial charge in [0, 0.05) is 50.5 Å². The first-order valence-electron chi connectivity index (χ1n) is 19.3. The van der Waals surface area contributed by atoms with Crippen molar-refractivity contribution in [2.45, 2.75) is 0 Å². The molecule has 0 spiro atoms. The lowest BCUT2D eigenvalue weighted by Gasteiger charge is -2.44. The molecular weight excluding hydrogens is 679 g/mol. The number of hydrogen-bond acceptors (Lipinski definition) is 3. The standard InChI is InChI=1S/C52H33BN2O/c1-3-15-39(16-4-1)54-46-22-10-9-20-44(46)53-45-21-11-19-41(52(45)55(40-17-5-2-6-18-40)48-24-12-23-47(54)51(48)53)35-27-25-34(26-28-35)38-29-30-49-42(32-38)43-31-36-13-7-8-14-37(36)33-50(43)56-49/h1-33H. The molecule has 0 N–H and O–H groups in total. The van der Waals surface area contributed by atoms with E-state index in [9.17, 15) is 0 Å². The molecule has 2 aliphatic rings. The fraction of sp³-hybridized carbons (Fsp3) is 0. The van der Waals surface area contributed by atoms with Gasteiger partial charge in [0.15, 0.2) is 0 Å². The van der Waals surface area contributed by atoms with Crippen LogP contribution in [0.5, 0.6) is 0 Å². The van der Waals surface area contributed by atoms with Crippen LogP contribution in [0, 0.1) is 0 Å². The predicted molar refractivity (Wildman–Crippen MR) is 236 cm³/mol. The lowest BCUT2D eigenvalue weighted by Crippen LogP contribution is -2.61. The highest BCUT2D eigenvalue weighted by Gasteiger charge is 2.43. The van der Waals surface area contributed by atoms with Gasteiger partial charge in [0.1, 0.15) is 11.2 Å². The summed E-state index contributed by atoms with van der Waals surface area (Å²) in [6.07, 6.45) is 0. The van der Waals surface area contributed by atoms with Gasteiger partial charge >= 0.3 is 0 Å². The van der Waals surface area contributed by atoms with Gasteiger partial charge in [0.25, 0.3) is 6.71 Å². The van der Waals surface area contributed by atoms with Crippen LogP contribution in [0.2, 0.25) is 0 Å². The van der Waals surface area contributed by atoms with E-state index < -0.39 is 0 Å². The van der Waals surface area contributed by atoms with Crippen molar-refractivity contribution in [1.82, 2.24) is 0 Å². The number of hydrogen-bond donors (Lipinski definition) is 0. The van der Waals surface area contributed by atoms with Crippen molar-refractivity contribution in [2.75, 3.05) is 9.80 Å². The predicted octanol–water partition coefficient (Wildman–Crippen LogP) is 12.2. The van der Waals surface area contributed by atoms with Crippen LogP contribution in [-0.4, -0.2) is 6.71 Å². The van der Waals surface area contributed by atoms with Crippen molar-refractivity contribution >= 4 is 89.9 Å². The van der Waals surface area contributed by atoms with E-state index >= 15 is 0 Å². The lowest BCUT2D eigenvalue weighted by molar-refractivity contribution is 0.669. The van der Waals surface area contributed by atoms with Crippen LogP contribution in [0.25, 0.3) is 55.0 Å². The third-order valence-electron chi connectivity index (χ3n) is 11.8. The Morgan fingerprint density at radius 1 is 0.375 bits per heavy atom. The van der Waals surface area contributed by atoms with Gasteiger partial charge in [-0.3, -0.25) is 0 Å². The van der Waals surface area contributed by atoms with Crippen molar-refractivity contribution in [2.24, 2.45) is 0 Å². The molecule has 10 aromatic rings. The molecule has 0 fully saturated rings. The SMILES string of the molecule is c1ccc(N2c3ccccc3B3c4cccc(-c5ccc(-c6ccc7oc8cc9ccccc9cc8c7c6)cc5)c4N(c4ccccc4)c4cccc2c43)cc1. The number of fused-ring (bicyclic) bond motifs is 8. The fourth-order valence-electron chi connectivity index (χ4n) is 9.35. The summed E-state index contributed by atoms with van der Waals surface area (Å²) in [7, 11) is 0. The molecule has 0 bridgehead atoms. The maximum absolute atomic E-state index is 6.33. The van der Waals surface area contributed by atoms with E-state index in [-0.39, 0.29) is 6.71 Å². The Bertz CT molecular complexity index is 3150. The number of nitrogens with zero attached hydrogens (tertiary/aromatic N) is 2. The number of benzene rings is 9. The molecule has 0 unspecified atom stereocenters. The number of para-hydroxylation sites is 4. The second-order valence-electron chi connectivity index (χ2n) is 14.9. The van der Waals surface area contributed by atoms with Gasteiger partial charge in [-0.1, -0.05) is 133 Å². The summed E-state index contributed by atoms with van der Waals surface area (Å²) in [5, 5.41) is 4.69. The number of anilines is 6. The topological polar surface area (TPSA) is 19.6 Å². The molecule has 0 amide bonds. The molecule has 9 aromatic carbocycles. The van der Waals surface area contributed by atoms with E-state index in [4.69, 9.17) is 4.42 Å². The van der Waals surface area contributed by atoms with Crippen LogP contribution in [0.1, 0.15) is 0 Å². The van der Waals surface area contributed by atoms with E-state index in [0.717, 1.165) is 33.3 Å². The molecule has 0 saturated heterocycles. The molecule has 0 saturated carbocycles. The number of rotatable bonds is 4. The minimum atomic E-state index is 0.0696. The van der Waals surface area contributed by atoms with Gasteiger partial charge < -0.3 is 14.2 Å². The molecule has 2 aliphatic heterocycles. The normalized spacial score (nSPS) is 12.9. The zero-order valence-electron chi connectivity index (χ0n) is 30.4. The van der Waals surface area contributed by atoms with Gasteiger partial charge in [-0.15, -0.1) is 0 Å². The highest BCUT2D eigenvalue weighted by Crippen LogP contribution is 2.46. The van der Waals surface area contributed by atoms with E-state index in [1.54, 1.807) is 0 Å². The molecular formula is C52H33BN2O. The second-order valence-corrected chi connectivity index (χ2v) is 14.9. The Morgan fingerprint density at radius 3 is 1.73 bits per heavy atom. The summed E-state index contributed by atoms with van der Waals surface area (Å²) in [5.74, 6) is 0. The van der Waals surface area contributed by atoms with Crippen molar-refractivity contribution in [1.29, 1.82) is 0 Å². The van der Waals surface area contributed by atoms with Crippen molar-refractivity contribution in [3.05, 3.63) is 200 Å². The van der Waals surface area contributed by atoms with Crippen LogP contribution in [0.4, 0.5) is 34.1 Å². The lowest BCUT2D eigenvalue weighted by atomic mass is 9.33. The van der Waals surface area contributed by atoms with Gasteiger partial charge in [-0.2, -0.15) is 0 Å². The molecule has 0 aliphatic carbocycles. The van der Waals surface area contributed by atoms with E-state index in [2.05, 4.69) is 210 Å². The zero-order chi connectivity index (χ0) is 36.7. The van der Waals surface area contributed by atoms with Gasteiger partial charge in [0.05, 0.1) is 0 Å². The highest BCUT2D eigenvalue weighted by atomic mass is 16.3. The van der Waals surface area contributed by atoms with Crippen LogP contribution in [0.15, 0.2) is 205 Å². The largest absolute Gasteiger partial charge is 0.456 e. The van der Waals surface area contributed by atoms with E-state index in [1.807, 2.05) is 0 Å². The first kappa shape index (κ1) is 31.1. The minimum Gasteiger partial charge on any atom is -0.456 e. The molecule has 4 heteroatoms. The average molecular weight is 713 g/mol. The van der Waals surface area contributed by atoms with Crippen molar-refractivity contribution < 1.29 is 4.42 Å². The summed E-state index contributed by atoms with van der Waals surface area (Å²) in [4.78, 5) is 4.93. The van der Waals surface area contributed by atoms with Crippen LogP contribution in [0.3, 0.4) is 0 Å². The summed E-state index contributed by atoms with van der Waals surface area (Å²) >= 11 is 0. The highest BCUT2D eigenvalue weighted by molar-refractivity contribution is 7.00. The maximum atomic E-state index is 6.33.